The van der Waals surface area contributed by atoms with Crippen molar-refractivity contribution in [1.82, 2.24) is 10.1 Å². The van der Waals surface area contributed by atoms with Crippen molar-refractivity contribution in [3.8, 4) is 0 Å². The lowest BCUT2D eigenvalue weighted by Gasteiger charge is -2.02. The monoisotopic (exact) mass is 237 g/mol. The Labute approximate surface area is 98.5 Å². The van der Waals surface area contributed by atoms with Crippen LogP contribution in [0.3, 0.4) is 0 Å². The Hall–Kier alpha value is -1.20. The Kier molecular flexibility index (Phi) is 3.69. The first-order valence-electron chi connectivity index (χ1n) is 5.37. The molecule has 86 valence electrons. The molecule has 2 aromatic rings. The van der Waals surface area contributed by atoms with Crippen LogP contribution in [-0.4, -0.2) is 16.2 Å². The second-order valence-electron chi connectivity index (χ2n) is 3.73. The molecule has 0 fully saturated rings. The van der Waals surface area contributed by atoms with Crippen LogP contribution in [-0.2, 0) is 12.8 Å². The van der Waals surface area contributed by atoms with E-state index >= 15 is 0 Å². The highest BCUT2D eigenvalue weighted by Crippen LogP contribution is 2.13. The first-order chi connectivity index (χ1) is 7.78. The molecule has 0 aliphatic carbocycles. The molecule has 0 bridgehead atoms. The molecule has 0 radical (unpaired) electrons. The van der Waals surface area contributed by atoms with Crippen LogP contribution >= 0.6 is 11.3 Å². The van der Waals surface area contributed by atoms with E-state index in [0.717, 1.165) is 6.42 Å². The Morgan fingerprint density at radius 1 is 1.56 bits per heavy atom. The second kappa shape index (κ2) is 5.23. The summed E-state index contributed by atoms with van der Waals surface area (Å²) in [6, 6.07) is 4.20. The fourth-order valence-corrected chi connectivity index (χ4v) is 2.08. The van der Waals surface area contributed by atoms with Crippen molar-refractivity contribution >= 4 is 11.3 Å². The predicted molar refractivity (Wildman–Crippen MR) is 63.4 cm³/mol. The first-order valence-corrected chi connectivity index (χ1v) is 6.25. The van der Waals surface area contributed by atoms with Gasteiger partial charge in [0.2, 0.25) is 5.89 Å². The zero-order chi connectivity index (χ0) is 11.4. The molecular formula is C11H15N3OS. The molecule has 2 N–H and O–H groups in total. The van der Waals surface area contributed by atoms with Gasteiger partial charge in [0.05, 0.1) is 6.42 Å². The van der Waals surface area contributed by atoms with E-state index < -0.39 is 0 Å². The summed E-state index contributed by atoms with van der Waals surface area (Å²) in [5.41, 5.74) is 5.83. The van der Waals surface area contributed by atoms with Crippen molar-refractivity contribution in [3.63, 3.8) is 0 Å². The van der Waals surface area contributed by atoms with Gasteiger partial charge in [0.25, 0.3) is 0 Å². The topological polar surface area (TPSA) is 64.9 Å². The highest BCUT2D eigenvalue weighted by Gasteiger charge is 2.10. The number of rotatable bonds is 5. The molecule has 1 unspecified atom stereocenters. The zero-order valence-corrected chi connectivity index (χ0v) is 10.0. The molecule has 2 rings (SSSR count). The molecular weight excluding hydrogens is 222 g/mol. The molecule has 0 aliphatic rings. The number of nitrogens with zero attached hydrogens (tertiary/aromatic N) is 2. The third-order valence-electron chi connectivity index (χ3n) is 2.38. The van der Waals surface area contributed by atoms with E-state index in [0.29, 0.717) is 24.6 Å². The van der Waals surface area contributed by atoms with E-state index in [1.807, 2.05) is 11.4 Å². The number of nitrogens with two attached hydrogens (primary N) is 1. The standard InChI is InChI=1S/C11H15N3OS/c1-2-8(12)6-10-13-11(15-14-10)7-9-4-3-5-16-9/h3-5,8H,2,6-7,12H2,1H3. The minimum absolute atomic E-state index is 0.118. The molecule has 0 amide bonds. The third-order valence-corrected chi connectivity index (χ3v) is 3.26. The van der Waals surface area contributed by atoms with Gasteiger partial charge in [-0.05, 0) is 17.9 Å². The van der Waals surface area contributed by atoms with Gasteiger partial charge in [-0.15, -0.1) is 11.3 Å². The molecule has 0 spiro atoms. The normalized spacial score (nSPS) is 12.9. The summed E-state index contributed by atoms with van der Waals surface area (Å²) < 4.78 is 5.17. The number of aromatic nitrogens is 2. The van der Waals surface area contributed by atoms with Crippen molar-refractivity contribution in [3.05, 3.63) is 34.1 Å². The average molecular weight is 237 g/mol. The molecule has 0 saturated carbocycles. The van der Waals surface area contributed by atoms with Crippen molar-refractivity contribution in [1.29, 1.82) is 0 Å². The molecule has 4 nitrogen and oxygen atoms in total. The first kappa shape index (κ1) is 11.3. The maximum atomic E-state index is 5.83. The van der Waals surface area contributed by atoms with Crippen LogP contribution in [0.25, 0.3) is 0 Å². The Morgan fingerprint density at radius 3 is 3.12 bits per heavy atom. The van der Waals surface area contributed by atoms with Crippen LogP contribution in [0.2, 0.25) is 0 Å². The lowest BCUT2D eigenvalue weighted by atomic mass is 10.2. The smallest absolute Gasteiger partial charge is 0.231 e. The quantitative estimate of drug-likeness (QED) is 0.863. The molecule has 0 aromatic carbocycles. The molecule has 5 heteroatoms. The fourth-order valence-electron chi connectivity index (χ4n) is 1.39. The SMILES string of the molecule is CCC(N)Cc1noc(Cc2cccs2)n1. The fraction of sp³-hybridized carbons (Fsp3) is 0.455. The second-order valence-corrected chi connectivity index (χ2v) is 4.77. The van der Waals surface area contributed by atoms with Gasteiger partial charge in [-0.3, -0.25) is 0 Å². The molecule has 2 aromatic heterocycles. The highest BCUT2D eigenvalue weighted by atomic mass is 32.1. The minimum atomic E-state index is 0.118. The van der Waals surface area contributed by atoms with Crippen LogP contribution in [0.1, 0.15) is 29.9 Å². The van der Waals surface area contributed by atoms with E-state index in [1.165, 1.54) is 4.88 Å². The molecule has 16 heavy (non-hydrogen) atoms. The van der Waals surface area contributed by atoms with Gasteiger partial charge in [0, 0.05) is 17.3 Å². The van der Waals surface area contributed by atoms with E-state index in [4.69, 9.17) is 10.3 Å². The summed E-state index contributed by atoms with van der Waals surface area (Å²) in [7, 11) is 0. The van der Waals surface area contributed by atoms with Gasteiger partial charge in [-0.2, -0.15) is 4.98 Å². The van der Waals surface area contributed by atoms with E-state index in [1.54, 1.807) is 11.3 Å². The van der Waals surface area contributed by atoms with Gasteiger partial charge in [-0.1, -0.05) is 18.1 Å². The largest absolute Gasteiger partial charge is 0.339 e. The lowest BCUT2D eigenvalue weighted by molar-refractivity contribution is 0.378. The van der Waals surface area contributed by atoms with E-state index in [-0.39, 0.29) is 6.04 Å². The number of hydrogen-bond acceptors (Lipinski definition) is 5. The maximum absolute atomic E-state index is 5.83. The molecule has 0 aliphatic heterocycles. The summed E-state index contributed by atoms with van der Waals surface area (Å²) in [5.74, 6) is 1.38. The summed E-state index contributed by atoms with van der Waals surface area (Å²) in [4.78, 5) is 5.55. The van der Waals surface area contributed by atoms with Crippen molar-refractivity contribution in [2.45, 2.75) is 32.2 Å². The minimum Gasteiger partial charge on any atom is -0.339 e. The van der Waals surface area contributed by atoms with Crippen molar-refractivity contribution in [2.24, 2.45) is 5.73 Å². The summed E-state index contributed by atoms with van der Waals surface area (Å²) in [6.07, 6.45) is 2.32. The Bertz CT molecular complexity index is 424. The molecule has 0 saturated heterocycles. The summed E-state index contributed by atoms with van der Waals surface area (Å²) in [5, 5.41) is 5.96. The highest BCUT2D eigenvalue weighted by molar-refractivity contribution is 7.09. The van der Waals surface area contributed by atoms with Gasteiger partial charge >= 0.3 is 0 Å². The van der Waals surface area contributed by atoms with Gasteiger partial charge in [0.1, 0.15) is 0 Å². The molecule has 1 atom stereocenters. The van der Waals surface area contributed by atoms with Gasteiger partial charge < -0.3 is 10.3 Å². The Morgan fingerprint density at radius 2 is 2.44 bits per heavy atom. The number of hydrogen-bond donors (Lipinski definition) is 1. The van der Waals surface area contributed by atoms with Crippen LogP contribution in [0, 0.1) is 0 Å². The van der Waals surface area contributed by atoms with Crippen LogP contribution < -0.4 is 5.73 Å². The van der Waals surface area contributed by atoms with Gasteiger partial charge in [-0.25, -0.2) is 0 Å². The summed E-state index contributed by atoms with van der Waals surface area (Å²) >= 11 is 1.69. The third kappa shape index (κ3) is 2.90. The van der Waals surface area contributed by atoms with Crippen LogP contribution in [0.5, 0.6) is 0 Å². The van der Waals surface area contributed by atoms with Crippen molar-refractivity contribution in [2.75, 3.05) is 0 Å². The van der Waals surface area contributed by atoms with Crippen LogP contribution in [0.4, 0.5) is 0 Å². The number of thiophene rings is 1. The van der Waals surface area contributed by atoms with E-state index in [2.05, 4.69) is 23.1 Å². The van der Waals surface area contributed by atoms with Crippen LogP contribution in [0.15, 0.2) is 22.0 Å². The Balaban J connectivity index is 1.97. The van der Waals surface area contributed by atoms with E-state index in [9.17, 15) is 0 Å². The molecule has 2 heterocycles. The van der Waals surface area contributed by atoms with Crippen molar-refractivity contribution < 1.29 is 4.52 Å². The predicted octanol–water partition coefficient (Wildman–Crippen LogP) is 2.00. The lowest BCUT2D eigenvalue weighted by Crippen LogP contribution is -2.22. The van der Waals surface area contributed by atoms with Gasteiger partial charge in [0.15, 0.2) is 5.82 Å². The summed E-state index contributed by atoms with van der Waals surface area (Å²) in [6.45, 7) is 2.05. The zero-order valence-electron chi connectivity index (χ0n) is 9.22. The average Bonchev–Trinajstić information content (AvgIpc) is 2.91. The maximum Gasteiger partial charge on any atom is 0.231 e.